The van der Waals surface area contributed by atoms with E-state index in [1.54, 1.807) is 6.07 Å². The molecule has 0 unspecified atom stereocenters. The fourth-order valence-corrected chi connectivity index (χ4v) is 3.40. The minimum Gasteiger partial charge on any atom is -0.206 e. The van der Waals surface area contributed by atoms with Gasteiger partial charge < -0.3 is 0 Å². The van der Waals surface area contributed by atoms with Crippen molar-refractivity contribution >= 4 is 10.8 Å². The first-order valence-electron chi connectivity index (χ1n) is 9.65. The van der Waals surface area contributed by atoms with Crippen molar-refractivity contribution in [1.29, 1.82) is 0 Å². The third-order valence-electron chi connectivity index (χ3n) is 5.09. The zero-order chi connectivity index (χ0) is 23.0. The van der Waals surface area contributed by atoms with E-state index in [4.69, 9.17) is 0 Å². The van der Waals surface area contributed by atoms with Gasteiger partial charge in [0.2, 0.25) is 0 Å². The molecule has 0 aliphatic rings. The first kappa shape index (κ1) is 21.5. The number of hydrogen-bond acceptors (Lipinski definition) is 0. The molecule has 6 heteroatoms. The molecule has 4 aromatic rings. The zero-order valence-corrected chi connectivity index (χ0v) is 16.7. The number of hydrogen-bond donors (Lipinski definition) is 0. The van der Waals surface area contributed by atoms with Crippen LogP contribution in [0.4, 0.5) is 26.3 Å². The predicted molar refractivity (Wildman–Crippen MR) is 111 cm³/mol. The maximum Gasteiger partial charge on any atom is 0.195 e. The van der Waals surface area contributed by atoms with Crippen LogP contribution in [0.5, 0.6) is 0 Å². The molecule has 32 heavy (non-hydrogen) atoms. The molecule has 0 radical (unpaired) electrons. The Hall–Kier alpha value is -3.72. The van der Waals surface area contributed by atoms with Crippen molar-refractivity contribution in [2.75, 3.05) is 0 Å². The number of rotatable bonds is 2. The largest absolute Gasteiger partial charge is 0.206 e. The smallest absolute Gasteiger partial charge is 0.195 e. The highest BCUT2D eigenvalue weighted by Crippen LogP contribution is 2.32. The van der Waals surface area contributed by atoms with Crippen molar-refractivity contribution in [2.45, 2.75) is 13.3 Å². The molecule has 0 N–H and O–H groups in total. The Kier molecular flexibility index (Phi) is 5.67. The molecule has 4 aromatic carbocycles. The first-order chi connectivity index (χ1) is 15.3. The average Bonchev–Trinajstić information content (AvgIpc) is 2.76. The second-order valence-electron chi connectivity index (χ2n) is 7.15. The van der Waals surface area contributed by atoms with Crippen LogP contribution in [0, 0.1) is 46.7 Å². The lowest BCUT2D eigenvalue weighted by molar-refractivity contribution is 0.453. The van der Waals surface area contributed by atoms with Crippen molar-refractivity contribution in [3.8, 4) is 23.0 Å². The minimum absolute atomic E-state index is 0.0114. The normalized spacial score (nSPS) is 10.8. The summed E-state index contributed by atoms with van der Waals surface area (Å²) in [5.41, 5.74) is 0.465. The van der Waals surface area contributed by atoms with Gasteiger partial charge in [0, 0.05) is 10.9 Å². The summed E-state index contributed by atoms with van der Waals surface area (Å²) in [7, 11) is 0. The molecule has 0 aliphatic carbocycles. The van der Waals surface area contributed by atoms with E-state index in [9.17, 15) is 26.3 Å². The van der Waals surface area contributed by atoms with Gasteiger partial charge in [-0.2, -0.15) is 0 Å². The molecule has 0 spiro atoms. The van der Waals surface area contributed by atoms with Gasteiger partial charge >= 0.3 is 0 Å². The number of benzene rings is 4. The Labute approximate surface area is 180 Å². The van der Waals surface area contributed by atoms with Crippen LogP contribution in [0.15, 0.2) is 54.6 Å². The molecule has 160 valence electrons. The summed E-state index contributed by atoms with van der Waals surface area (Å²) in [6.07, 6.45) is 0.658. The third-order valence-corrected chi connectivity index (χ3v) is 5.09. The molecule has 0 amide bonds. The van der Waals surface area contributed by atoms with E-state index in [0.29, 0.717) is 6.42 Å². The van der Waals surface area contributed by atoms with Crippen LogP contribution in [0.1, 0.15) is 23.6 Å². The summed E-state index contributed by atoms with van der Waals surface area (Å²) in [6, 6.07) is 10.8. The van der Waals surface area contributed by atoms with E-state index in [0.717, 1.165) is 29.8 Å². The summed E-state index contributed by atoms with van der Waals surface area (Å²) in [5, 5.41) is -0.264. The Morgan fingerprint density at radius 3 is 2.03 bits per heavy atom. The molecule has 0 atom stereocenters. The zero-order valence-electron chi connectivity index (χ0n) is 16.7. The molecular weight excluding hydrogens is 426 g/mol. The Bertz CT molecular complexity index is 1400. The number of aryl methyl sites for hydroxylation is 1. The van der Waals surface area contributed by atoms with Crippen molar-refractivity contribution in [2.24, 2.45) is 0 Å². The molecule has 0 saturated heterocycles. The van der Waals surface area contributed by atoms with E-state index in [1.165, 1.54) is 24.3 Å². The van der Waals surface area contributed by atoms with Gasteiger partial charge in [-0.05, 0) is 59.3 Å². The van der Waals surface area contributed by atoms with E-state index in [2.05, 4.69) is 11.8 Å². The van der Waals surface area contributed by atoms with Crippen LogP contribution < -0.4 is 0 Å². The van der Waals surface area contributed by atoms with Crippen molar-refractivity contribution in [3.63, 3.8) is 0 Å². The van der Waals surface area contributed by atoms with Crippen LogP contribution in [0.25, 0.3) is 21.9 Å². The van der Waals surface area contributed by atoms with Crippen LogP contribution in [0.3, 0.4) is 0 Å². The first-order valence-corrected chi connectivity index (χ1v) is 9.65. The van der Waals surface area contributed by atoms with Crippen LogP contribution in [0.2, 0.25) is 0 Å². The van der Waals surface area contributed by atoms with E-state index >= 15 is 0 Å². The van der Waals surface area contributed by atoms with Gasteiger partial charge in [0.25, 0.3) is 0 Å². The fourth-order valence-electron chi connectivity index (χ4n) is 3.40. The number of halogens is 6. The Balaban J connectivity index is 1.74. The molecule has 0 nitrogen and oxygen atoms in total. The second kappa shape index (κ2) is 8.43. The molecule has 0 bridgehead atoms. The standard InChI is InChI=1S/C26H14F6/c1-2-14-3-5-16(20(27)9-14)6-4-15-10-21(28)24(22(29)11-15)17-7-8-19-18(12-17)13-23(30)26(32)25(19)31/h3,5,7-13H,2H2,1H3. The van der Waals surface area contributed by atoms with E-state index in [1.807, 2.05) is 6.92 Å². The van der Waals surface area contributed by atoms with E-state index in [-0.39, 0.29) is 27.5 Å². The van der Waals surface area contributed by atoms with Gasteiger partial charge in [-0.1, -0.05) is 37.0 Å². The maximum atomic E-state index is 14.7. The van der Waals surface area contributed by atoms with Crippen molar-refractivity contribution in [3.05, 3.63) is 106 Å². The van der Waals surface area contributed by atoms with Crippen LogP contribution in [-0.4, -0.2) is 0 Å². The summed E-state index contributed by atoms with van der Waals surface area (Å²) in [4.78, 5) is 0. The van der Waals surface area contributed by atoms with Crippen LogP contribution >= 0.6 is 0 Å². The third kappa shape index (κ3) is 3.94. The summed E-state index contributed by atoms with van der Waals surface area (Å²) < 4.78 is 84.4. The van der Waals surface area contributed by atoms with Crippen molar-refractivity contribution in [1.82, 2.24) is 0 Å². The van der Waals surface area contributed by atoms with E-state index < -0.39 is 40.5 Å². The topological polar surface area (TPSA) is 0 Å². The lowest BCUT2D eigenvalue weighted by Gasteiger charge is -2.09. The highest BCUT2D eigenvalue weighted by atomic mass is 19.2. The number of fused-ring (bicyclic) bond motifs is 1. The lowest BCUT2D eigenvalue weighted by atomic mass is 9.98. The molecule has 0 fully saturated rings. The molecule has 0 aliphatic heterocycles. The van der Waals surface area contributed by atoms with Gasteiger partial charge in [-0.3, -0.25) is 0 Å². The summed E-state index contributed by atoms with van der Waals surface area (Å²) in [6.45, 7) is 1.88. The lowest BCUT2D eigenvalue weighted by Crippen LogP contribution is -1.95. The highest BCUT2D eigenvalue weighted by molar-refractivity contribution is 5.88. The van der Waals surface area contributed by atoms with Gasteiger partial charge in [-0.15, -0.1) is 0 Å². The van der Waals surface area contributed by atoms with Gasteiger partial charge in [0.05, 0.1) is 11.1 Å². The Morgan fingerprint density at radius 2 is 1.38 bits per heavy atom. The Morgan fingerprint density at radius 1 is 0.656 bits per heavy atom. The summed E-state index contributed by atoms with van der Waals surface area (Å²) >= 11 is 0. The minimum atomic E-state index is -1.62. The van der Waals surface area contributed by atoms with Gasteiger partial charge in [0.1, 0.15) is 17.5 Å². The summed E-state index contributed by atoms with van der Waals surface area (Å²) in [5.74, 6) is -1.75. The van der Waals surface area contributed by atoms with Gasteiger partial charge in [-0.25, -0.2) is 26.3 Å². The molecule has 4 rings (SSSR count). The average molecular weight is 440 g/mol. The molecule has 0 heterocycles. The molecular formula is C26H14F6. The monoisotopic (exact) mass is 440 g/mol. The second-order valence-corrected chi connectivity index (χ2v) is 7.15. The highest BCUT2D eigenvalue weighted by Gasteiger charge is 2.17. The SMILES string of the molecule is CCc1ccc(C#Cc2cc(F)c(-c3ccc4c(F)c(F)c(F)cc4c3)c(F)c2)c(F)c1. The predicted octanol–water partition coefficient (Wildman–Crippen LogP) is 7.30. The van der Waals surface area contributed by atoms with Crippen LogP contribution in [-0.2, 0) is 6.42 Å². The maximum absolute atomic E-state index is 14.7. The molecule has 0 aromatic heterocycles. The van der Waals surface area contributed by atoms with Crippen molar-refractivity contribution < 1.29 is 26.3 Å². The quantitative estimate of drug-likeness (QED) is 0.174. The fraction of sp³-hybridized carbons (Fsp3) is 0.0769. The van der Waals surface area contributed by atoms with Gasteiger partial charge in [0.15, 0.2) is 17.5 Å². The molecule has 0 saturated carbocycles.